The molecule has 0 radical (unpaired) electrons. The Morgan fingerprint density at radius 1 is 0.941 bits per heavy atom. The average Bonchev–Trinajstić information content (AvgIpc) is 2.68. The molecule has 84 valence electrons. The van der Waals surface area contributed by atoms with E-state index >= 15 is 0 Å². The molecule has 0 atom stereocenters. The Labute approximate surface area is 107 Å². The molecule has 0 aromatic heterocycles. The van der Waals surface area contributed by atoms with Crippen LogP contribution in [0.15, 0.2) is 54.6 Å². The summed E-state index contributed by atoms with van der Waals surface area (Å²) < 4.78 is 3.19. The first-order valence-electron chi connectivity index (χ1n) is 5.47. The van der Waals surface area contributed by atoms with Gasteiger partial charge in [-0.1, -0.05) is 0 Å². The second-order valence-corrected chi connectivity index (χ2v) is 6.20. The van der Waals surface area contributed by atoms with Gasteiger partial charge in [0.25, 0.3) is 0 Å². The molecule has 0 saturated carbocycles. The number of rotatable bonds is 2. The fraction of sp³-hybridized carbons (Fsp3) is 0.0714. The SMILES string of the molecule is O=C1c2ccccc2CN1[Se]c1ccccc1. The van der Waals surface area contributed by atoms with Gasteiger partial charge in [0.15, 0.2) is 0 Å². The molecule has 17 heavy (non-hydrogen) atoms. The van der Waals surface area contributed by atoms with Gasteiger partial charge in [-0.05, 0) is 0 Å². The molecule has 1 amide bonds. The van der Waals surface area contributed by atoms with Crippen LogP contribution in [0.25, 0.3) is 0 Å². The summed E-state index contributed by atoms with van der Waals surface area (Å²) in [4.78, 5) is 12.1. The van der Waals surface area contributed by atoms with Crippen LogP contribution in [0.5, 0.6) is 0 Å². The van der Waals surface area contributed by atoms with E-state index in [0.717, 1.165) is 17.7 Å². The third-order valence-corrected chi connectivity index (χ3v) is 4.84. The predicted molar refractivity (Wildman–Crippen MR) is 68.1 cm³/mol. The zero-order valence-corrected chi connectivity index (χ0v) is 10.9. The maximum absolute atomic E-state index is 12.1. The summed E-state index contributed by atoms with van der Waals surface area (Å²) in [5.41, 5.74) is 2.01. The Kier molecular flexibility index (Phi) is 2.71. The Bertz CT molecular complexity index is 553. The number of carbonyl (C=O) groups excluding carboxylic acids is 1. The molecule has 3 heteroatoms. The first kappa shape index (κ1) is 10.6. The van der Waals surface area contributed by atoms with E-state index in [2.05, 4.69) is 12.1 Å². The summed E-state index contributed by atoms with van der Waals surface area (Å²) in [6, 6.07) is 18.1. The molecule has 1 aliphatic heterocycles. The van der Waals surface area contributed by atoms with E-state index in [-0.39, 0.29) is 21.1 Å². The summed E-state index contributed by atoms with van der Waals surface area (Å²) in [5.74, 6) is 0.171. The van der Waals surface area contributed by atoms with Crippen LogP contribution in [0.4, 0.5) is 0 Å². The number of benzene rings is 2. The van der Waals surface area contributed by atoms with Gasteiger partial charge in [0, 0.05) is 0 Å². The molecule has 0 N–H and O–H groups in total. The monoisotopic (exact) mass is 289 g/mol. The van der Waals surface area contributed by atoms with Crippen LogP contribution in [0.2, 0.25) is 0 Å². The van der Waals surface area contributed by atoms with Crippen LogP contribution in [-0.4, -0.2) is 25.0 Å². The summed E-state index contributed by atoms with van der Waals surface area (Å²) in [6.45, 7) is 0.754. The molecule has 3 rings (SSSR count). The zero-order valence-electron chi connectivity index (χ0n) is 9.17. The molecular weight excluding hydrogens is 277 g/mol. The summed E-state index contributed by atoms with van der Waals surface area (Å²) in [7, 11) is 0. The van der Waals surface area contributed by atoms with E-state index in [1.807, 2.05) is 46.4 Å². The Balaban J connectivity index is 1.83. The van der Waals surface area contributed by atoms with Gasteiger partial charge in [-0.2, -0.15) is 0 Å². The van der Waals surface area contributed by atoms with Gasteiger partial charge in [0.2, 0.25) is 0 Å². The van der Waals surface area contributed by atoms with Gasteiger partial charge in [0.1, 0.15) is 0 Å². The minimum absolute atomic E-state index is 0.0807. The third-order valence-electron chi connectivity index (χ3n) is 2.75. The van der Waals surface area contributed by atoms with E-state index in [4.69, 9.17) is 0 Å². The van der Waals surface area contributed by atoms with E-state index < -0.39 is 0 Å². The van der Waals surface area contributed by atoms with Crippen molar-refractivity contribution in [2.45, 2.75) is 6.54 Å². The van der Waals surface area contributed by atoms with Crippen molar-refractivity contribution in [2.75, 3.05) is 0 Å². The van der Waals surface area contributed by atoms with Crippen molar-refractivity contribution in [2.24, 2.45) is 0 Å². The van der Waals surface area contributed by atoms with Crippen molar-refractivity contribution >= 4 is 25.5 Å². The van der Waals surface area contributed by atoms with Crippen molar-refractivity contribution in [1.82, 2.24) is 3.92 Å². The molecule has 0 aliphatic carbocycles. The van der Waals surface area contributed by atoms with Crippen LogP contribution < -0.4 is 4.46 Å². The first-order chi connectivity index (χ1) is 8.34. The fourth-order valence-electron chi connectivity index (χ4n) is 1.91. The zero-order chi connectivity index (χ0) is 11.7. The first-order valence-corrected chi connectivity index (χ1v) is 7.09. The second-order valence-electron chi connectivity index (χ2n) is 3.90. The average molecular weight is 288 g/mol. The molecule has 0 fully saturated rings. The Morgan fingerprint density at radius 3 is 2.41 bits per heavy atom. The topological polar surface area (TPSA) is 20.3 Å². The van der Waals surface area contributed by atoms with Crippen LogP contribution in [-0.2, 0) is 6.54 Å². The molecule has 1 heterocycles. The van der Waals surface area contributed by atoms with Crippen LogP contribution in [0.3, 0.4) is 0 Å². The number of carbonyl (C=O) groups is 1. The van der Waals surface area contributed by atoms with E-state index in [9.17, 15) is 4.79 Å². The molecule has 2 nitrogen and oxygen atoms in total. The quantitative estimate of drug-likeness (QED) is 0.769. The third kappa shape index (κ3) is 1.99. The second kappa shape index (κ2) is 4.36. The molecule has 0 unspecified atom stereocenters. The van der Waals surface area contributed by atoms with Crippen molar-refractivity contribution in [1.29, 1.82) is 0 Å². The van der Waals surface area contributed by atoms with Crippen molar-refractivity contribution in [3.8, 4) is 0 Å². The molecule has 1 aliphatic rings. The van der Waals surface area contributed by atoms with Crippen LogP contribution in [0, 0.1) is 0 Å². The van der Waals surface area contributed by atoms with Gasteiger partial charge in [-0.25, -0.2) is 0 Å². The van der Waals surface area contributed by atoms with Crippen molar-refractivity contribution < 1.29 is 4.79 Å². The Morgan fingerprint density at radius 2 is 1.65 bits per heavy atom. The molecule has 2 aromatic carbocycles. The number of nitrogens with zero attached hydrogens (tertiary/aromatic N) is 1. The number of fused-ring (bicyclic) bond motifs is 1. The van der Waals surface area contributed by atoms with Gasteiger partial charge in [-0.3, -0.25) is 0 Å². The summed E-state index contributed by atoms with van der Waals surface area (Å²) >= 11 is 0.0807. The number of hydrogen-bond donors (Lipinski definition) is 0. The maximum atomic E-state index is 12.1. The van der Waals surface area contributed by atoms with Crippen LogP contribution >= 0.6 is 0 Å². The van der Waals surface area contributed by atoms with Gasteiger partial charge < -0.3 is 0 Å². The fourth-order valence-corrected chi connectivity index (χ4v) is 3.84. The van der Waals surface area contributed by atoms with Gasteiger partial charge >= 0.3 is 107 Å². The number of hydrogen-bond acceptors (Lipinski definition) is 1. The molecule has 2 aromatic rings. The van der Waals surface area contributed by atoms with E-state index in [1.165, 1.54) is 4.46 Å². The predicted octanol–water partition coefficient (Wildman–Crippen LogP) is 1.59. The minimum atomic E-state index is 0.0807. The molecule has 0 bridgehead atoms. The van der Waals surface area contributed by atoms with E-state index in [0.29, 0.717) is 0 Å². The van der Waals surface area contributed by atoms with Crippen LogP contribution in [0.1, 0.15) is 15.9 Å². The standard InChI is InChI=1S/C14H11NOSe/c16-14-13-9-5-4-6-11(13)10-15(14)17-12-7-2-1-3-8-12/h1-9H,10H2. The molecule has 0 saturated heterocycles. The summed E-state index contributed by atoms with van der Waals surface area (Å²) in [5, 5.41) is 0. The molecular formula is C14H11NOSe. The van der Waals surface area contributed by atoms with Crippen molar-refractivity contribution in [3.63, 3.8) is 0 Å². The van der Waals surface area contributed by atoms with Crippen molar-refractivity contribution in [3.05, 3.63) is 65.7 Å². The van der Waals surface area contributed by atoms with Gasteiger partial charge in [-0.15, -0.1) is 0 Å². The van der Waals surface area contributed by atoms with E-state index in [1.54, 1.807) is 0 Å². The summed E-state index contributed by atoms with van der Waals surface area (Å²) in [6.07, 6.45) is 0. The number of amides is 1. The molecule has 0 spiro atoms. The Hall–Kier alpha value is -1.57. The van der Waals surface area contributed by atoms with Gasteiger partial charge in [0.05, 0.1) is 0 Å². The normalized spacial score (nSPS) is 13.9.